The molecule has 0 aliphatic rings. The molecule has 6 nitrogen and oxygen atoms in total. The number of halogens is 2. The standard InChI is InChI=1S/C15H23ClN2O4.ClH/c1-4-17(5-2)8-7-9-22-15-13(16)10-12(18(19)20)11-14(15)21-6-3;/h10-11H,4-9H2,1-3H3;1H. The summed E-state index contributed by atoms with van der Waals surface area (Å²) in [6.45, 7) is 9.83. The van der Waals surface area contributed by atoms with E-state index in [0.717, 1.165) is 26.1 Å². The van der Waals surface area contributed by atoms with Gasteiger partial charge in [0.2, 0.25) is 0 Å². The van der Waals surface area contributed by atoms with Gasteiger partial charge in [0.15, 0.2) is 11.5 Å². The minimum atomic E-state index is -0.501. The molecule has 1 rings (SSSR count). The van der Waals surface area contributed by atoms with Gasteiger partial charge in [0.05, 0.1) is 29.2 Å². The molecule has 23 heavy (non-hydrogen) atoms. The van der Waals surface area contributed by atoms with Gasteiger partial charge < -0.3 is 14.4 Å². The zero-order chi connectivity index (χ0) is 16.5. The normalized spacial score (nSPS) is 10.3. The Morgan fingerprint density at radius 1 is 1.22 bits per heavy atom. The molecule has 1 aromatic rings. The number of nitro groups is 1. The Balaban J connectivity index is 0.00000484. The van der Waals surface area contributed by atoms with Crippen LogP contribution in [0, 0.1) is 10.1 Å². The summed E-state index contributed by atoms with van der Waals surface area (Å²) in [6, 6.07) is 2.62. The summed E-state index contributed by atoms with van der Waals surface area (Å²) in [5, 5.41) is 11.1. The summed E-state index contributed by atoms with van der Waals surface area (Å²) in [4.78, 5) is 12.7. The topological polar surface area (TPSA) is 64.8 Å². The number of nitro benzene ring substituents is 1. The number of non-ortho nitro benzene ring substituents is 1. The van der Waals surface area contributed by atoms with Crippen molar-refractivity contribution in [1.82, 2.24) is 4.90 Å². The first kappa shape index (κ1) is 21.8. The smallest absolute Gasteiger partial charge is 0.274 e. The summed E-state index contributed by atoms with van der Waals surface area (Å²) in [7, 11) is 0. The Morgan fingerprint density at radius 2 is 1.87 bits per heavy atom. The fourth-order valence-electron chi connectivity index (χ4n) is 2.07. The van der Waals surface area contributed by atoms with E-state index in [0.29, 0.717) is 24.7 Å². The van der Waals surface area contributed by atoms with Gasteiger partial charge in [-0.25, -0.2) is 0 Å². The van der Waals surface area contributed by atoms with Crippen LogP contribution in [0.2, 0.25) is 5.02 Å². The summed E-state index contributed by atoms with van der Waals surface area (Å²) in [5.74, 6) is 0.679. The Kier molecular flexibility index (Phi) is 10.7. The largest absolute Gasteiger partial charge is 0.490 e. The van der Waals surface area contributed by atoms with E-state index in [2.05, 4.69) is 18.7 Å². The van der Waals surface area contributed by atoms with Crippen molar-refractivity contribution in [2.45, 2.75) is 27.2 Å². The van der Waals surface area contributed by atoms with E-state index in [1.165, 1.54) is 12.1 Å². The van der Waals surface area contributed by atoms with Gasteiger partial charge in [-0.2, -0.15) is 0 Å². The lowest BCUT2D eigenvalue weighted by Crippen LogP contribution is -2.25. The molecule has 0 atom stereocenters. The maximum absolute atomic E-state index is 10.9. The molecular weight excluding hydrogens is 343 g/mol. The van der Waals surface area contributed by atoms with E-state index in [9.17, 15) is 10.1 Å². The molecule has 0 N–H and O–H groups in total. The molecule has 0 amide bonds. The minimum Gasteiger partial charge on any atom is -0.490 e. The number of ether oxygens (including phenoxy) is 2. The van der Waals surface area contributed by atoms with Gasteiger partial charge in [-0.05, 0) is 26.4 Å². The molecule has 132 valence electrons. The number of benzene rings is 1. The van der Waals surface area contributed by atoms with Gasteiger partial charge >= 0.3 is 0 Å². The lowest BCUT2D eigenvalue weighted by molar-refractivity contribution is -0.384. The first-order valence-electron chi connectivity index (χ1n) is 7.49. The van der Waals surface area contributed by atoms with Crippen LogP contribution >= 0.6 is 24.0 Å². The molecule has 0 fully saturated rings. The van der Waals surface area contributed by atoms with Crippen molar-refractivity contribution in [3.8, 4) is 11.5 Å². The van der Waals surface area contributed by atoms with Crippen molar-refractivity contribution < 1.29 is 14.4 Å². The predicted octanol–water partition coefficient (Wildman–Crippen LogP) is 4.18. The lowest BCUT2D eigenvalue weighted by atomic mass is 10.2. The van der Waals surface area contributed by atoms with E-state index < -0.39 is 4.92 Å². The van der Waals surface area contributed by atoms with Crippen LogP contribution in [-0.4, -0.2) is 42.7 Å². The molecule has 0 spiro atoms. The average Bonchev–Trinajstić information content (AvgIpc) is 2.49. The quantitative estimate of drug-likeness (QED) is 0.353. The Bertz CT molecular complexity index is 497. The molecular formula is C15H24Cl2N2O4. The molecule has 1 aromatic carbocycles. The van der Waals surface area contributed by atoms with Crippen LogP contribution in [-0.2, 0) is 0 Å². The van der Waals surface area contributed by atoms with Gasteiger partial charge in [0.1, 0.15) is 0 Å². The van der Waals surface area contributed by atoms with Crippen molar-refractivity contribution >= 4 is 29.7 Å². The summed E-state index contributed by atoms with van der Waals surface area (Å²) in [5.41, 5.74) is -0.107. The highest BCUT2D eigenvalue weighted by molar-refractivity contribution is 6.32. The van der Waals surface area contributed by atoms with Crippen LogP contribution in [0.3, 0.4) is 0 Å². The SMILES string of the molecule is CCOc1cc([N+](=O)[O-])cc(Cl)c1OCCCN(CC)CC.Cl. The fourth-order valence-corrected chi connectivity index (χ4v) is 2.32. The van der Waals surface area contributed by atoms with E-state index in [1.54, 1.807) is 6.92 Å². The monoisotopic (exact) mass is 366 g/mol. The van der Waals surface area contributed by atoms with Crippen LogP contribution in [0.15, 0.2) is 12.1 Å². The molecule has 0 radical (unpaired) electrons. The van der Waals surface area contributed by atoms with Crippen molar-refractivity contribution in [1.29, 1.82) is 0 Å². The average molecular weight is 367 g/mol. The highest BCUT2D eigenvalue weighted by atomic mass is 35.5. The van der Waals surface area contributed by atoms with Crippen LogP contribution in [0.4, 0.5) is 5.69 Å². The molecule has 8 heteroatoms. The zero-order valence-electron chi connectivity index (χ0n) is 13.7. The first-order chi connectivity index (χ1) is 10.5. The molecule has 0 aromatic heterocycles. The second kappa shape index (κ2) is 11.3. The third-order valence-corrected chi connectivity index (χ3v) is 3.55. The van der Waals surface area contributed by atoms with Crippen LogP contribution in [0.5, 0.6) is 11.5 Å². The van der Waals surface area contributed by atoms with Crippen molar-refractivity contribution in [2.75, 3.05) is 32.8 Å². The van der Waals surface area contributed by atoms with Crippen LogP contribution < -0.4 is 9.47 Å². The van der Waals surface area contributed by atoms with Gasteiger partial charge in [-0.3, -0.25) is 10.1 Å². The number of rotatable bonds is 10. The van der Waals surface area contributed by atoms with E-state index in [1.807, 2.05) is 0 Å². The van der Waals surface area contributed by atoms with Crippen LogP contribution in [0.1, 0.15) is 27.2 Å². The molecule has 0 heterocycles. The van der Waals surface area contributed by atoms with Crippen molar-refractivity contribution in [3.05, 3.63) is 27.3 Å². The minimum absolute atomic E-state index is 0. The predicted molar refractivity (Wildman–Crippen MR) is 94.4 cm³/mol. The van der Waals surface area contributed by atoms with Crippen LogP contribution in [0.25, 0.3) is 0 Å². The van der Waals surface area contributed by atoms with Gasteiger partial charge in [-0.15, -0.1) is 12.4 Å². The third-order valence-electron chi connectivity index (χ3n) is 3.26. The summed E-state index contributed by atoms with van der Waals surface area (Å²) >= 11 is 6.09. The van der Waals surface area contributed by atoms with Gasteiger partial charge in [0.25, 0.3) is 5.69 Å². The fraction of sp³-hybridized carbons (Fsp3) is 0.600. The van der Waals surface area contributed by atoms with Gasteiger partial charge in [0, 0.05) is 12.6 Å². The maximum atomic E-state index is 10.9. The first-order valence-corrected chi connectivity index (χ1v) is 7.87. The van der Waals surface area contributed by atoms with E-state index in [-0.39, 0.29) is 23.1 Å². The second-order valence-corrected chi connectivity index (χ2v) is 5.08. The summed E-state index contributed by atoms with van der Waals surface area (Å²) in [6.07, 6.45) is 0.848. The zero-order valence-corrected chi connectivity index (χ0v) is 15.3. The molecule has 0 aliphatic heterocycles. The maximum Gasteiger partial charge on any atom is 0.274 e. The number of hydrogen-bond donors (Lipinski definition) is 0. The molecule has 0 unspecified atom stereocenters. The van der Waals surface area contributed by atoms with Gasteiger partial charge in [-0.1, -0.05) is 25.4 Å². The van der Waals surface area contributed by atoms with Crippen molar-refractivity contribution in [2.24, 2.45) is 0 Å². The Hall–Kier alpha value is -1.24. The second-order valence-electron chi connectivity index (χ2n) is 4.67. The lowest BCUT2D eigenvalue weighted by Gasteiger charge is -2.18. The Morgan fingerprint density at radius 3 is 2.39 bits per heavy atom. The third kappa shape index (κ3) is 6.81. The highest BCUT2D eigenvalue weighted by Gasteiger charge is 2.18. The number of hydrogen-bond acceptors (Lipinski definition) is 5. The summed E-state index contributed by atoms with van der Waals surface area (Å²) < 4.78 is 11.1. The molecule has 0 aliphatic carbocycles. The molecule has 0 saturated heterocycles. The highest BCUT2D eigenvalue weighted by Crippen LogP contribution is 2.39. The van der Waals surface area contributed by atoms with E-state index >= 15 is 0 Å². The molecule has 0 saturated carbocycles. The van der Waals surface area contributed by atoms with Crippen molar-refractivity contribution in [3.63, 3.8) is 0 Å². The number of nitrogens with zero attached hydrogens (tertiary/aromatic N) is 2. The Labute approximate surface area is 148 Å². The molecule has 0 bridgehead atoms. The van der Waals surface area contributed by atoms with E-state index in [4.69, 9.17) is 21.1 Å².